The zero-order chi connectivity index (χ0) is 19.6. The van der Waals surface area contributed by atoms with Gasteiger partial charge in [-0.3, -0.25) is 0 Å². The van der Waals surface area contributed by atoms with E-state index >= 15 is 0 Å². The van der Waals surface area contributed by atoms with Crippen LogP contribution >= 0.6 is 11.6 Å². The third kappa shape index (κ3) is 4.31. The number of nitrogens with zero attached hydrogens (tertiary/aromatic N) is 4. The minimum atomic E-state index is -3.72. The van der Waals surface area contributed by atoms with Crippen molar-refractivity contribution in [3.8, 4) is 0 Å². The van der Waals surface area contributed by atoms with Gasteiger partial charge in [0.15, 0.2) is 0 Å². The molecule has 0 spiro atoms. The van der Waals surface area contributed by atoms with E-state index in [9.17, 15) is 12.8 Å². The van der Waals surface area contributed by atoms with Crippen LogP contribution in [0.4, 0.5) is 16.0 Å². The molecule has 1 aliphatic heterocycles. The molecule has 1 aromatic carbocycles. The highest BCUT2D eigenvalue weighted by atomic mass is 35.5. The Morgan fingerprint density at radius 1 is 1.19 bits per heavy atom. The minimum Gasteiger partial charge on any atom is -0.370 e. The number of hydrogen-bond acceptors (Lipinski definition) is 6. The van der Waals surface area contributed by atoms with Gasteiger partial charge in [0.2, 0.25) is 10.0 Å². The SMILES string of the molecule is CCNc1cc(N2CCN(S(=O)(=O)c3ccc(F)c(Cl)c3)CC2)nc(C)n1. The van der Waals surface area contributed by atoms with Crippen LogP contribution in [0.15, 0.2) is 29.2 Å². The maximum absolute atomic E-state index is 13.3. The molecular formula is C17H21ClFN5O2S. The smallest absolute Gasteiger partial charge is 0.243 e. The molecule has 0 amide bonds. The van der Waals surface area contributed by atoms with Crippen LogP contribution in [0.25, 0.3) is 0 Å². The van der Waals surface area contributed by atoms with Crippen molar-refractivity contribution in [3.63, 3.8) is 0 Å². The molecule has 146 valence electrons. The molecule has 2 heterocycles. The maximum Gasteiger partial charge on any atom is 0.243 e. The summed E-state index contributed by atoms with van der Waals surface area (Å²) in [4.78, 5) is 10.8. The highest BCUT2D eigenvalue weighted by molar-refractivity contribution is 7.89. The van der Waals surface area contributed by atoms with Gasteiger partial charge in [-0.2, -0.15) is 4.31 Å². The monoisotopic (exact) mass is 413 g/mol. The fraction of sp³-hybridized carbons (Fsp3) is 0.412. The van der Waals surface area contributed by atoms with Crippen molar-refractivity contribution in [3.05, 3.63) is 40.9 Å². The van der Waals surface area contributed by atoms with E-state index in [1.165, 1.54) is 10.4 Å². The van der Waals surface area contributed by atoms with Crippen molar-refractivity contribution in [2.24, 2.45) is 0 Å². The molecule has 10 heteroatoms. The molecule has 0 aliphatic carbocycles. The van der Waals surface area contributed by atoms with Gasteiger partial charge in [-0.1, -0.05) is 11.6 Å². The second-order valence-corrected chi connectivity index (χ2v) is 8.50. The number of aromatic nitrogens is 2. The summed E-state index contributed by atoms with van der Waals surface area (Å²) in [6, 6.07) is 5.31. The lowest BCUT2D eigenvalue weighted by Crippen LogP contribution is -2.49. The van der Waals surface area contributed by atoms with Crippen molar-refractivity contribution in [1.82, 2.24) is 14.3 Å². The molecular weight excluding hydrogens is 393 g/mol. The fourth-order valence-electron chi connectivity index (χ4n) is 2.93. The highest BCUT2D eigenvalue weighted by Crippen LogP contribution is 2.24. The lowest BCUT2D eigenvalue weighted by Gasteiger charge is -2.34. The third-order valence-corrected chi connectivity index (χ3v) is 6.46. The molecule has 0 radical (unpaired) electrons. The summed E-state index contributed by atoms with van der Waals surface area (Å²) >= 11 is 5.73. The Balaban J connectivity index is 1.74. The average molecular weight is 414 g/mol. The van der Waals surface area contributed by atoms with Crippen molar-refractivity contribution in [2.45, 2.75) is 18.7 Å². The number of hydrogen-bond donors (Lipinski definition) is 1. The van der Waals surface area contributed by atoms with Gasteiger partial charge in [0.1, 0.15) is 23.3 Å². The van der Waals surface area contributed by atoms with Crippen LogP contribution in [0.2, 0.25) is 5.02 Å². The van der Waals surface area contributed by atoms with Gasteiger partial charge in [-0.05, 0) is 32.0 Å². The summed E-state index contributed by atoms with van der Waals surface area (Å²) in [6.45, 7) is 6.16. The molecule has 1 N–H and O–H groups in total. The van der Waals surface area contributed by atoms with E-state index in [1.807, 2.05) is 24.8 Å². The van der Waals surface area contributed by atoms with Crippen molar-refractivity contribution < 1.29 is 12.8 Å². The summed E-state index contributed by atoms with van der Waals surface area (Å²) in [5.41, 5.74) is 0. The molecule has 1 aromatic heterocycles. The Hall–Kier alpha value is -1.97. The summed E-state index contributed by atoms with van der Waals surface area (Å²) in [5.74, 6) is 1.52. The van der Waals surface area contributed by atoms with Crippen LogP contribution in [-0.4, -0.2) is 55.4 Å². The third-order valence-electron chi connectivity index (χ3n) is 4.27. The zero-order valence-corrected chi connectivity index (χ0v) is 16.7. The first-order chi connectivity index (χ1) is 12.8. The van der Waals surface area contributed by atoms with E-state index in [2.05, 4.69) is 15.3 Å². The number of halogens is 2. The molecule has 0 atom stereocenters. The van der Waals surface area contributed by atoms with E-state index in [0.29, 0.717) is 32.0 Å². The summed E-state index contributed by atoms with van der Waals surface area (Å²) in [7, 11) is -3.72. The Morgan fingerprint density at radius 3 is 2.52 bits per heavy atom. The average Bonchev–Trinajstić information content (AvgIpc) is 2.64. The molecule has 7 nitrogen and oxygen atoms in total. The van der Waals surface area contributed by atoms with Crippen LogP contribution in [0, 0.1) is 12.7 Å². The number of piperazine rings is 1. The number of sulfonamides is 1. The Labute approximate surface area is 163 Å². The Bertz CT molecular complexity index is 933. The van der Waals surface area contributed by atoms with E-state index in [1.54, 1.807) is 0 Å². The normalized spacial score (nSPS) is 15.8. The molecule has 1 saturated heterocycles. The van der Waals surface area contributed by atoms with E-state index in [4.69, 9.17) is 11.6 Å². The summed E-state index contributed by atoms with van der Waals surface area (Å²) in [6.07, 6.45) is 0. The quantitative estimate of drug-likeness (QED) is 0.811. The van der Waals surface area contributed by atoms with Crippen molar-refractivity contribution in [2.75, 3.05) is 42.9 Å². The Morgan fingerprint density at radius 2 is 1.89 bits per heavy atom. The first-order valence-electron chi connectivity index (χ1n) is 8.61. The number of benzene rings is 1. The highest BCUT2D eigenvalue weighted by Gasteiger charge is 2.29. The van der Waals surface area contributed by atoms with Crippen LogP contribution in [0.1, 0.15) is 12.7 Å². The van der Waals surface area contributed by atoms with Crippen molar-refractivity contribution >= 4 is 33.3 Å². The molecule has 27 heavy (non-hydrogen) atoms. The molecule has 0 unspecified atom stereocenters. The largest absolute Gasteiger partial charge is 0.370 e. The molecule has 1 aliphatic rings. The van der Waals surface area contributed by atoms with Gasteiger partial charge in [0.25, 0.3) is 0 Å². The predicted octanol–water partition coefficient (Wildman–Crippen LogP) is 2.52. The molecule has 1 fully saturated rings. The van der Waals surface area contributed by atoms with Crippen LogP contribution in [0.3, 0.4) is 0 Å². The summed E-state index contributed by atoms with van der Waals surface area (Å²) in [5, 5.41) is 2.96. The fourth-order valence-corrected chi connectivity index (χ4v) is 4.62. The maximum atomic E-state index is 13.3. The first-order valence-corrected chi connectivity index (χ1v) is 10.4. The standard InChI is InChI=1S/C17H21ClFN5O2S/c1-3-20-16-11-17(22-12(2)21-16)23-6-8-24(9-7-23)27(25,26)13-4-5-15(19)14(18)10-13/h4-5,10-11H,3,6-9H2,1-2H3,(H,20,21,22). The second-order valence-electron chi connectivity index (χ2n) is 6.16. The van der Waals surface area contributed by atoms with Crippen molar-refractivity contribution in [1.29, 1.82) is 0 Å². The van der Waals surface area contributed by atoms with E-state index in [0.717, 1.165) is 30.3 Å². The zero-order valence-electron chi connectivity index (χ0n) is 15.1. The van der Waals surface area contributed by atoms with Crippen LogP contribution in [-0.2, 0) is 10.0 Å². The predicted molar refractivity (Wildman–Crippen MR) is 103 cm³/mol. The van der Waals surface area contributed by atoms with E-state index in [-0.39, 0.29) is 9.92 Å². The number of nitrogens with one attached hydrogen (secondary N) is 1. The number of aryl methyl sites for hydroxylation is 1. The van der Waals surface area contributed by atoms with Crippen LogP contribution in [0.5, 0.6) is 0 Å². The lowest BCUT2D eigenvalue weighted by molar-refractivity contribution is 0.383. The van der Waals surface area contributed by atoms with Gasteiger partial charge in [-0.15, -0.1) is 0 Å². The Kier molecular flexibility index (Phi) is 5.83. The molecule has 0 saturated carbocycles. The van der Waals surface area contributed by atoms with Gasteiger partial charge in [0.05, 0.1) is 9.92 Å². The van der Waals surface area contributed by atoms with Gasteiger partial charge in [0, 0.05) is 38.8 Å². The van der Waals surface area contributed by atoms with Gasteiger partial charge >= 0.3 is 0 Å². The summed E-state index contributed by atoms with van der Waals surface area (Å²) < 4.78 is 40.3. The first kappa shape index (κ1) is 19.8. The lowest BCUT2D eigenvalue weighted by atomic mass is 10.3. The van der Waals surface area contributed by atoms with Crippen LogP contribution < -0.4 is 10.2 Å². The molecule has 0 bridgehead atoms. The topological polar surface area (TPSA) is 78.4 Å². The molecule has 3 rings (SSSR count). The number of anilines is 2. The van der Waals surface area contributed by atoms with E-state index < -0.39 is 15.8 Å². The van der Waals surface area contributed by atoms with Gasteiger partial charge < -0.3 is 10.2 Å². The second kappa shape index (κ2) is 7.95. The number of rotatable bonds is 5. The minimum absolute atomic E-state index is 0.00494. The molecule has 2 aromatic rings. The van der Waals surface area contributed by atoms with Gasteiger partial charge in [-0.25, -0.2) is 22.8 Å².